The zero-order valence-electron chi connectivity index (χ0n) is 12.7. The van der Waals surface area contributed by atoms with Crippen molar-refractivity contribution in [2.24, 2.45) is 0 Å². The van der Waals surface area contributed by atoms with Gasteiger partial charge in [-0.25, -0.2) is 4.98 Å². The van der Waals surface area contributed by atoms with Crippen LogP contribution in [0.5, 0.6) is 5.75 Å². The molecular formula is C17H17Cl2N2O2. The fourth-order valence-corrected chi connectivity index (χ4v) is 2.19. The molecule has 0 aliphatic rings. The molecule has 23 heavy (non-hydrogen) atoms. The van der Waals surface area contributed by atoms with Crippen LogP contribution in [-0.2, 0) is 0 Å². The van der Waals surface area contributed by atoms with Crippen molar-refractivity contribution in [1.29, 1.82) is 0 Å². The molecule has 1 heterocycles. The van der Waals surface area contributed by atoms with Gasteiger partial charge in [0.1, 0.15) is 17.5 Å². The molecule has 0 aliphatic carbocycles. The smallest absolute Gasteiger partial charge is 0.251 e. The van der Waals surface area contributed by atoms with Gasteiger partial charge in [-0.1, -0.05) is 47.8 Å². The Labute approximate surface area is 145 Å². The zero-order valence-corrected chi connectivity index (χ0v) is 14.2. The van der Waals surface area contributed by atoms with Gasteiger partial charge in [-0.05, 0) is 25.5 Å². The van der Waals surface area contributed by atoms with Crippen LogP contribution in [0.4, 0.5) is 0 Å². The number of carbonyl (C=O) groups excluding carboxylic acids is 1. The minimum absolute atomic E-state index is 0.154. The number of pyridine rings is 1. The van der Waals surface area contributed by atoms with E-state index in [0.717, 1.165) is 5.56 Å². The van der Waals surface area contributed by atoms with Gasteiger partial charge >= 0.3 is 0 Å². The monoisotopic (exact) mass is 351 g/mol. The van der Waals surface area contributed by atoms with Crippen molar-refractivity contribution in [2.75, 3.05) is 6.61 Å². The summed E-state index contributed by atoms with van der Waals surface area (Å²) < 4.78 is 5.60. The minimum Gasteiger partial charge on any atom is -0.490 e. The van der Waals surface area contributed by atoms with Crippen molar-refractivity contribution in [3.8, 4) is 5.75 Å². The molecule has 0 fully saturated rings. The Kier molecular flexibility index (Phi) is 6.25. The Hall–Kier alpha value is -1.78. The summed E-state index contributed by atoms with van der Waals surface area (Å²) in [7, 11) is 0. The lowest BCUT2D eigenvalue weighted by Gasteiger charge is -2.18. The molecule has 0 bridgehead atoms. The third kappa shape index (κ3) is 5.12. The van der Waals surface area contributed by atoms with Gasteiger partial charge in [-0.15, -0.1) is 0 Å². The topological polar surface area (TPSA) is 51.2 Å². The molecule has 1 unspecified atom stereocenters. The molecule has 0 spiro atoms. The number of nitrogens with one attached hydrogen (secondary N) is 1. The molecular weight excluding hydrogens is 335 g/mol. The van der Waals surface area contributed by atoms with E-state index in [2.05, 4.69) is 17.2 Å². The summed E-state index contributed by atoms with van der Waals surface area (Å²) in [5.41, 5.74) is 1.64. The van der Waals surface area contributed by atoms with Crippen LogP contribution in [0, 0.1) is 13.8 Å². The minimum atomic E-state index is -0.225. The number of amides is 1. The van der Waals surface area contributed by atoms with Crippen molar-refractivity contribution in [3.05, 3.63) is 64.8 Å². The SMILES string of the molecule is [CH2]CC(COc1cnc(Cl)c(Cl)c1)NC(=O)c1cccc(C)c1. The molecule has 1 radical (unpaired) electrons. The fraction of sp³-hybridized carbons (Fsp3) is 0.235. The Morgan fingerprint density at radius 2 is 2.17 bits per heavy atom. The van der Waals surface area contributed by atoms with Gasteiger partial charge in [0.15, 0.2) is 0 Å². The maximum atomic E-state index is 12.2. The number of hydrogen-bond donors (Lipinski definition) is 1. The zero-order chi connectivity index (χ0) is 16.8. The van der Waals surface area contributed by atoms with Crippen molar-refractivity contribution in [1.82, 2.24) is 10.3 Å². The quantitative estimate of drug-likeness (QED) is 0.797. The van der Waals surface area contributed by atoms with Crippen LogP contribution in [0.3, 0.4) is 0 Å². The van der Waals surface area contributed by atoms with E-state index < -0.39 is 0 Å². The maximum Gasteiger partial charge on any atom is 0.251 e. The third-order valence-corrected chi connectivity index (χ3v) is 3.87. The number of carbonyl (C=O) groups is 1. The average molecular weight is 352 g/mol. The van der Waals surface area contributed by atoms with Crippen LogP contribution in [0.25, 0.3) is 0 Å². The lowest BCUT2D eigenvalue weighted by atomic mass is 10.1. The van der Waals surface area contributed by atoms with Crippen LogP contribution in [0.15, 0.2) is 36.5 Å². The normalized spacial score (nSPS) is 11.8. The highest BCUT2D eigenvalue weighted by Gasteiger charge is 2.13. The van der Waals surface area contributed by atoms with E-state index in [-0.39, 0.29) is 23.7 Å². The first-order valence-electron chi connectivity index (χ1n) is 7.10. The molecule has 6 heteroatoms. The number of nitrogens with zero attached hydrogens (tertiary/aromatic N) is 1. The molecule has 0 aliphatic heterocycles. The van der Waals surface area contributed by atoms with Gasteiger partial charge in [0.2, 0.25) is 0 Å². The number of ether oxygens (including phenoxy) is 1. The lowest BCUT2D eigenvalue weighted by molar-refractivity contribution is 0.0922. The molecule has 0 saturated carbocycles. The summed E-state index contributed by atoms with van der Waals surface area (Å²) in [5, 5.41) is 3.44. The maximum absolute atomic E-state index is 12.2. The first kappa shape index (κ1) is 17.6. The summed E-state index contributed by atoms with van der Waals surface area (Å²) in [6.45, 7) is 6.04. The number of halogens is 2. The Morgan fingerprint density at radius 1 is 1.39 bits per heavy atom. The standard InChI is InChI=1S/C17H17Cl2N2O2/c1-3-13(10-23-14-8-15(18)16(19)20-9-14)21-17(22)12-6-4-5-11(2)7-12/h4-9,13H,1,3,10H2,2H3,(H,21,22). The summed E-state index contributed by atoms with van der Waals surface area (Å²) in [5.74, 6) is 0.334. The third-order valence-electron chi connectivity index (χ3n) is 3.19. The number of benzene rings is 1. The highest BCUT2D eigenvalue weighted by atomic mass is 35.5. The second kappa shape index (κ2) is 8.18. The number of aromatic nitrogens is 1. The molecule has 1 atom stereocenters. The molecule has 1 amide bonds. The molecule has 2 aromatic rings. The fourth-order valence-electron chi connectivity index (χ4n) is 1.93. The Balaban J connectivity index is 1.94. The number of rotatable bonds is 6. The van der Waals surface area contributed by atoms with E-state index in [0.29, 0.717) is 22.8 Å². The summed E-state index contributed by atoms with van der Waals surface area (Å²) in [6, 6.07) is 8.75. The average Bonchev–Trinajstić information content (AvgIpc) is 2.54. The van der Waals surface area contributed by atoms with Crippen LogP contribution in [0.2, 0.25) is 10.2 Å². The van der Waals surface area contributed by atoms with Crippen molar-refractivity contribution in [2.45, 2.75) is 19.4 Å². The first-order chi connectivity index (χ1) is 11.0. The number of hydrogen-bond acceptors (Lipinski definition) is 3. The molecule has 4 nitrogen and oxygen atoms in total. The highest BCUT2D eigenvalue weighted by molar-refractivity contribution is 6.41. The first-order valence-corrected chi connectivity index (χ1v) is 7.86. The second-order valence-corrected chi connectivity index (χ2v) is 5.85. The summed E-state index contributed by atoms with van der Waals surface area (Å²) in [6.07, 6.45) is 1.98. The summed E-state index contributed by atoms with van der Waals surface area (Å²) in [4.78, 5) is 16.1. The van der Waals surface area contributed by atoms with Crippen LogP contribution >= 0.6 is 23.2 Å². The van der Waals surface area contributed by atoms with Crippen molar-refractivity contribution in [3.63, 3.8) is 0 Å². The van der Waals surface area contributed by atoms with Gasteiger partial charge < -0.3 is 10.1 Å². The van der Waals surface area contributed by atoms with Gasteiger partial charge in [0.25, 0.3) is 5.91 Å². The molecule has 0 saturated heterocycles. The van der Waals surface area contributed by atoms with Crippen LogP contribution in [-0.4, -0.2) is 23.5 Å². The second-order valence-electron chi connectivity index (χ2n) is 5.08. The van der Waals surface area contributed by atoms with Crippen molar-refractivity contribution >= 4 is 29.1 Å². The van der Waals surface area contributed by atoms with E-state index in [9.17, 15) is 4.79 Å². The molecule has 1 N–H and O–H groups in total. The molecule has 121 valence electrons. The van der Waals surface area contributed by atoms with Gasteiger partial charge in [-0.3, -0.25) is 4.79 Å². The lowest BCUT2D eigenvalue weighted by Crippen LogP contribution is -2.38. The Bertz CT molecular complexity index is 692. The largest absolute Gasteiger partial charge is 0.490 e. The van der Waals surface area contributed by atoms with Gasteiger partial charge in [0, 0.05) is 11.6 Å². The van der Waals surface area contributed by atoms with E-state index in [1.165, 1.54) is 6.20 Å². The van der Waals surface area contributed by atoms with E-state index >= 15 is 0 Å². The van der Waals surface area contributed by atoms with E-state index in [4.69, 9.17) is 27.9 Å². The number of aryl methyl sites for hydroxylation is 1. The predicted molar refractivity (Wildman–Crippen MR) is 92.2 cm³/mol. The Morgan fingerprint density at radius 3 is 2.83 bits per heavy atom. The van der Waals surface area contributed by atoms with E-state index in [1.54, 1.807) is 12.1 Å². The molecule has 2 rings (SSSR count). The molecule has 1 aromatic carbocycles. The predicted octanol–water partition coefficient (Wildman–Crippen LogP) is 4.10. The highest BCUT2D eigenvalue weighted by Crippen LogP contribution is 2.23. The van der Waals surface area contributed by atoms with E-state index in [1.807, 2.05) is 25.1 Å². The van der Waals surface area contributed by atoms with Crippen LogP contribution in [0.1, 0.15) is 22.3 Å². The van der Waals surface area contributed by atoms with Gasteiger partial charge in [-0.2, -0.15) is 0 Å². The van der Waals surface area contributed by atoms with Gasteiger partial charge in [0.05, 0.1) is 17.3 Å². The molecule has 1 aromatic heterocycles. The summed E-state index contributed by atoms with van der Waals surface area (Å²) >= 11 is 11.6. The van der Waals surface area contributed by atoms with Crippen LogP contribution < -0.4 is 10.1 Å². The van der Waals surface area contributed by atoms with Crippen molar-refractivity contribution < 1.29 is 9.53 Å².